The van der Waals surface area contributed by atoms with Gasteiger partial charge in [0.15, 0.2) is 0 Å². The fraction of sp³-hybridized carbons (Fsp3) is 0.312. The van der Waals surface area contributed by atoms with Crippen molar-refractivity contribution < 1.29 is 4.79 Å². The van der Waals surface area contributed by atoms with Gasteiger partial charge in [0.2, 0.25) is 0 Å². The average molecular weight is 284 g/mol. The van der Waals surface area contributed by atoms with Gasteiger partial charge in [0.05, 0.1) is 0 Å². The van der Waals surface area contributed by atoms with Gasteiger partial charge in [-0.3, -0.25) is 9.78 Å². The number of nitrogens with one attached hydrogen (secondary N) is 1. The van der Waals surface area contributed by atoms with E-state index in [1.807, 2.05) is 12.1 Å². The van der Waals surface area contributed by atoms with E-state index in [0.717, 1.165) is 17.5 Å². The number of hydrogen-bond donors (Lipinski definition) is 2. The quantitative estimate of drug-likeness (QED) is 0.884. The van der Waals surface area contributed by atoms with Crippen molar-refractivity contribution in [2.75, 3.05) is 12.3 Å². The Morgan fingerprint density at radius 2 is 2.05 bits per heavy atom. The molecular weight excluding hydrogens is 264 g/mol. The number of nitrogen functional groups attached to an aromatic ring is 1. The Hall–Kier alpha value is -2.43. The maximum Gasteiger partial charge on any atom is 0.269 e. The van der Waals surface area contributed by atoms with Gasteiger partial charge in [-0.25, -0.2) is 4.98 Å². The number of amides is 1. The van der Waals surface area contributed by atoms with Crippen LogP contribution in [-0.4, -0.2) is 22.4 Å². The van der Waals surface area contributed by atoms with E-state index < -0.39 is 0 Å². The summed E-state index contributed by atoms with van der Waals surface area (Å²) in [5.41, 5.74) is 7.79. The standard InChI is InChI=1S/C16H20N4O/c1-11(2)5-7-19-16(21)14-9-12(6-8-18-14)13-3-4-15(17)20-10-13/h3-4,6,8-11H,5,7H2,1-2H3,(H2,17,20)(H,19,21). The fourth-order valence-corrected chi connectivity index (χ4v) is 1.88. The second-order valence-electron chi connectivity index (χ2n) is 5.34. The third-order valence-electron chi connectivity index (χ3n) is 3.12. The summed E-state index contributed by atoms with van der Waals surface area (Å²) in [6.45, 7) is 4.91. The van der Waals surface area contributed by atoms with Crippen molar-refractivity contribution in [1.82, 2.24) is 15.3 Å². The molecule has 3 N–H and O–H groups in total. The molecule has 21 heavy (non-hydrogen) atoms. The van der Waals surface area contributed by atoms with Gasteiger partial charge in [-0.05, 0) is 42.2 Å². The van der Waals surface area contributed by atoms with Gasteiger partial charge in [0.25, 0.3) is 5.91 Å². The van der Waals surface area contributed by atoms with Crippen molar-refractivity contribution in [3.05, 3.63) is 42.4 Å². The molecule has 2 aromatic rings. The van der Waals surface area contributed by atoms with Crippen molar-refractivity contribution >= 4 is 11.7 Å². The summed E-state index contributed by atoms with van der Waals surface area (Å²) in [5, 5.41) is 2.88. The monoisotopic (exact) mass is 284 g/mol. The molecule has 2 heterocycles. The van der Waals surface area contributed by atoms with Crippen LogP contribution in [0.25, 0.3) is 11.1 Å². The summed E-state index contributed by atoms with van der Waals surface area (Å²) in [6, 6.07) is 7.21. The van der Waals surface area contributed by atoms with E-state index in [-0.39, 0.29) is 5.91 Å². The summed E-state index contributed by atoms with van der Waals surface area (Å²) in [4.78, 5) is 20.2. The molecule has 0 saturated carbocycles. The normalized spacial score (nSPS) is 10.6. The van der Waals surface area contributed by atoms with Gasteiger partial charge in [-0.15, -0.1) is 0 Å². The highest BCUT2D eigenvalue weighted by atomic mass is 16.1. The topological polar surface area (TPSA) is 80.9 Å². The summed E-state index contributed by atoms with van der Waals surface area (Å²) >= 11 is 0. The molecule has 110 valence electrons. The van der Waals surface area contributed by atoms with Gasteiger partial charge < -0.3 is 11.1 Å². The minimum atomic E-state index is -0.152. The van der Waals surface area contributed by atoms with Crippen LogP contribution in [0, 0.1) is 5.92 Å². The first-order chi connectivity index (χ1) is 10.1. The van der Waals surface area contributed by atoms with Crippen LogP contribution < -0.4 is 11.1 Å². The van der Waals surface area contributed by atoms with Crippen LogP contribution >= 0.6 is 0 Å². The first kappa shape index (κ1) is 15.0. The summed E-state index contributed by atoms with van der Waals surface area (Å²) < 4.78 is 0. The highest BCUT2D eigenvalue weighted by molar-refractivity contribution is 5.93. The predicted molar refractivity (Wildman–Crippen MR) is 83.7 cm³/mol. The number of pyridine rings is 2. The maximum absolute atomic E-state index is 12.1. The molecule has 5 nitrogen and oxygen atoms in total. The predicted octanol–water partition coefficient (Wildman–Crippen LogP) is 2.50. The molecule has 0 aliphatic carbocycles. The number of rotatable bonds is 5. The van der Waals surface area contributed by atoms with E-state index in [9.17, 15) is 4.79 Å². The van der Waals surface area contributed by atoms with Gasteiger partial charge >= 0.3 is 0 Å². The third-order valence-corrected chi connectivity index (χ3v) is 3.12. The number of carbonyl (C=O) groups excluding carboxylic acids is 1. The summed E-state index contributed by atoms with van der Waals surface area (Å²) in [6.07, 6.45) is 4.27. The second-order valence-corrected chi connectivity index (χ2v) is 5.34. The van der Waals surface area contributed by atoms with Crippen LogP contribution in [0.3, 0.4) is 0 Å². The lowest BCUT2D eigenvalue weighted by Crippen LogP contribution is -2.26. The molecule has 0 bridgehead atoms. The Morgan fingerprint density at radius 1 is 1.24 bits per heavy atom. The van der Waals surface area contributed by atoms with Crippen LogP contribution in [0.15, 0.2) is 36.7 Å². The van der Waals surface area contributed by atoms with E-state index in [0.29, 0.717) is 24.0 Å². The average Bonchev–Trinajstić information content (AvgIpc) is 2.47. The zero-order valence-corrected chi connectivity index (χ0v) is 12.3. The molecule has 5 heteroatoms. The van der Waals surface area contributed by atoms with E-state index in [1.54, 1.807) is 24.5 Å². The zero-order valence-electron chi connectivity index (χ0n) is 12.3. The molecule has 1 amide bonds. The van der Waals surface area contributed by atoms with Crippen LogP contribution in [0.2, 0.25) is 0 Å². The lowest BCUT2D eigenvalue weighted by molar-refractivity contribution is 0.0947. The molecule has 0 radical (unpaired) electrons. The Balaban J connectivity index is 2.10. The Labute approximate surface area is 124 Å². The first-order valence-corrected chi connectivity index (χ1v) is 7.02. The largest absolute Gasteiger partial charge is 0.384 e. The second kappa shape index (κ2) is 6.83. The first-order valence-electron chi connectivity index (χ1n) is 7.02. The highest BCUT2D eigenvalue weighted by Crippen LogP contribution is 2.19. The Kier molecular flexibility index (Phi) is 4.87. The van der Waals surface area contributed by atoms with Crippen molar-refractivity contribution in [3.8, 4) is 11.1 Å². The molecule has 0 saturated heterocycles. The van der Waals surface area contributed by atoms with E-state index in [4.69, 9.17) is 5.73 Å². The van der Waals surface area contributed by atoms with Crippen LogP contribution in [-0.2, 0) is 0 Å². The van der Waals surface area contributed by atoms with Crippen molar-refractivity contribution in [3.63, 3.8) is 0 Å². The molecular formula is C16H20N4O. The Morgan fingerprint density at radius 3 is 2.71 bits per heavy atom. The molecule has 0 fully saturated rings. The Bertz CT molecular complexity index is 608. The van der Waals surface area contributed by atoms with Gasteiger partial charge in [0, 0.05) is 24.5 Å². The lowest BCUT2D eigenvalue weighted by atomic mass is 10.1. The van der Waals surface area contributed by atoms with Gasteiger partial charge in [-0.2, -0.15) is 0 Å². The molecule has 0 aliphatic rings. The van der Waals surface area contributed by atoms with Crippen molar-refractivity contribution in [2.24, 2.45) is 5.92 Å². The van der Waals surface area contributed by atoms with E-state index in [2.05, 4.69) is 29.1 Å². The van der Waals surface area contributed by atoms with Gasteiger partial charge in [-0.1, -0.05) is 13.8 Å². The van der Waals surface area contributed by atoms with Crippen LogP contribution in [0.1, 0.15) is 30.8 Å². The zero-order chi connectivity index (χ0) is 15.2. The molecule has 2 rings (SSSR count). The maximum atomic E-state index is 12.1. The number of nitrogens with zero attached hydrogens (tertiary/aromatic N) is 2. The molecule has 0 spiro atoms. The molecule has 2 aromatic heterocycles. The van der Waals surface area contributed by atoms with Crippen LogP contribution in [0.5, 0.6) is 0 Å². The van der Waals surface area contributed by atoms with Gasteiger partial charge in [0.1, 0.15) is 11.5 Å². The summed E-state index contributed by atoms with van der Waals surface area (Å²) in [7, 11) is 0. The molecule has 0 aliphatic heterocycles. The molecule has 0 unspecified atom stereocenters. The number of aromatic nitrogens is 2. The highest BCUT2D eigenvalue weighted by Gasteiger charge is 2.08. The SMILES string of the molecule is CC(C)CCNC(=O)c1cc(-c2ccc(N)nc2)ccn1. The minimum Gasteiger partial charge on any atom is -0.384 e. The van der Waals surface area contributed by atoms with Crippen molar-refractivity contribution in [1.29, 1.82) is 0 Å². The fourth-order valence-electron chi connectivity index (χ4n) is 1.88. The smallest absolute Gasteiger partial charge is 0.269 e. The number of nitrogens with two attached hydrogens (primary N) is 1. The number of anilines is 1. The van der Waals surface area contributed by atoms with Crippen LogP contribution in [0.4, 0.5) is 5.82 Å². The van der Waals surface area contributed by atoms with Crippen molar-refractivity contribution in [2.45, 2.75) is 20.3 Å². The summed E-state index contributed by atoms with van der Waals surface area (Å²) in [5.74, 6) is 0.880. The lowest BCUT2D eigenvalue weighted by Gasteiger charge is -2.08. The van der Waals surface area contributed by atoms with E-state index in [1.165, 1.54) is 0 Å². The molecule has 0 atom stereocenters. The number of hydrogen-bond acceptors (Lipinski definition) is 4. The van der Waals surface area contributed by atoms with E-state index >= 15 is 0 Å². The third kappa shape index (κ3) is 4.27. The molecule has 0 aromatic carbocycles. The number of carbonyl (C=O) groups is 1. The minimum absolute atomic E-state index is 0.152.